The predicted octanol–water partition coefficient (Wildman–Crippen LogP) is 1.07. The Morgan fingerprint density at radius 2 is 2.42 bits per heavy atom. The Kier molecular flexibility index (Phi) is 2.57. The van der Waals surface area contributed by atoms with E-state index in [-0.39, 0.29) is 6.54 Å². The van der Waals surface area contributed by atoms with Crippen molar-refractivity contribution >= 4 is 5.97 Å². The van der Waals surface area contributed by atoms with E-state index in [1.807, 2.05) is 0 Å². The maximum absolute atomic E-state index is 10.9. The van der Waals surface area contributed by atoms with Crippen molar-refractivity contribution in [3.05, 3.63) is 28.4 Å². The molecule has 0 saturated heterocycles. The van der Waals surface area contributed by atoms with Crippen LogP contribution < -0.4 is 0 Å². The van der Waals surface area contributed by atoms with E-state index in [1.54, 1.807) is 12.1 Å². The molecule has 0 atom stereocenters. The fourth-order valence-corrected chi connectivity index (χ4v) is 0.831. The van der Waals surface area contributed by atoms with E-state index in [4.69, 9.17) is 0 Å². The van der Waals surface area contributed by atoms with E-state index in [1.165, 1.54) is 7.11 Å². The van der Waals surface area contributed by atoms with Gasteiger partial charge < -0.3 is 9.72 Å². The number of H-pyrrole nitrogens is 1. The summed E-state index contributed by atoms with van der Waals surface area (Å²) in [5, 5.41) is 2.67. The van der Waals surface area contributed by atoms with Gasteiger partial charge in [-0.15, -0.1) is 0 Å². The minimum absolute atomic E-state index is 0.0387. The molecule has 1 aromatic heterocycles. The van der Waals surface area contributed by atoms with Gasteiger partial charge in [-0.2, -0.15) is 4.91 Å². The minimum Gasteiger partial charge on any atom is -0.464 e. The van der Waals surface area contributed by atoms with Crippen LogP contribution in [0.15, 0.2) is 17.3 Å². The highest BCUT2D eigenvalue weighted by Gasteiger charge is 2.06. The van der Waals surface area contributed by atoms with Crippen LogP contribution in [0.1, 0.15) is 16.2 Å². The second kappa shape index (κ2) is 3.66. The number of aromatic nitrogens is 1. The number of carbonyl (C=O) groups excluding carboxylic acids is 1. The number of hydrogen-bond donors (Lipinski definition) is 1. The van der Waals surface area contributed by atoms with E-state index >= 15 is 0 Å². The molecule has 5 nitrogen and oxygen atoms in total. The van der Waals surface area contributed by atoms with Gasteiger partial charge in [0, 0.05) is 5.69 Å². The van der Waals surface area contributed by atoms with Gasteiger partial charge in [-0.05, 0) is 12.1 Å². The quantitative estimate of drug-likeness (QED) is 0.542. The fraction of sp³-hybridized carbons (Fsp3) is 0.286. The highest BCUT2D eigenvalue weighted by Crippen LogP contribution is 2.03. The zero-order chi connectivity index (χ0) is 8.97. The third kappa shape index (κ3) is 1.69. The molecule has 12 heavy (non-hydrogen) atoms. The molecule has 0 fully saturated rings. The largest absolute Gasteiger partial charge is 0.464 e. The van der Waals surface area contributed by atoms with Crippen LogP contribution in [0, 0.1) is 4.91 Å². The number of ether oxygens (including phenoxy) is 1. The van der Waals surface area contributed by atoms with Crippen molar-refractivity contribution in [3.8, 4) is 0 Å². The van der Waals surface area contributed by atoms with Crippen molar-refractivity contribution in [2.24, 2.45) is 5.18 Å². The minimum atomic E-state index is -0.452. The molecule has 0 saturated carbocycles. The molecule has 0 spiro atoms. The number of nitroso groups, excluding NO2 is 1. The van der Waals surface area contributed by atoms with Gasteiger partial charge in [0.15, 0.2) is 0 Å². The van der Waals surface area contributed by atoms with Crippen LogP contribution in [0.4, 0.5) is 0 Å². The third-order valence-corrected chi connectivity index (χ3v) is 1.39. The first-order valence-corrected chi connectivity index (χ1v) is 3.33. The van der Waals surface area contributed by atoms with Gasteiger partial charge in [-0.1, -0.05) is 5.18 Å². The maximum Gasteiger partial charge on any atom is 0.354 e. The molecule has 0 unspecified atom stereocenters. The van der Waals surface area contributed by atoms with E-state index in [9.17, 15) is 9.70 Å². The van der Waals surface area contributed by atoms with E-state index in [2.05, 4.69) is 14.9 Å². The smallest absolute Gasteiger partial charge is 0.354 e. The first-order chi connectivity index (χ1) is 5.77. The topological polar surface area (TPSA) is 71.5 Å². The molecule has 0 aromatic carbocycles. The van der Waals surface area contributed by atoms with Gasteiger partial charge in [0.25, 0.3) is 0 Å². The van der Waals surface area contributed by atoms with Crippen molar-refractivity contribution in [3.63, 3.8) is 0 Å². The Balaban J connectivity index is 2.76. The van der Waals surface area contributed by atoms with Crippen LogP contribution in [0.3, 0.4) is 0 Å². The monoisotopic (exact) mass is 168 g/mol. The predicted molar refractivity (Wildman–Crippen MR) is 41.6 cm³/mol. The summed E-state index contributed by atoms with van der Waals surface area (Å²) < 4.78 is 4.45. The average molecular weight is 168 g/mol. The molecule has 1 N–H and O–H groups in total. The van der Waals surface area contributed by atoms with Crippen LogP contribution in [0.2, 0.25) is 0 Å². The summed E-state index contributed by atoms with van der Waals surface area (Å²) in [5.41, 5.74) is 0.932. The van der Waals surface area contributed by atoms with Crippen molar-refractivity contribution in [2.75, 3.05) is 7.11 Å². The molecule has 1 rings (SSSR count). The number of carbonyl (C=O) groups is 1. The first-order valence-electron chi connectivity index (χ1n) is 3.33. The molecule has 5 heteroatoms. The lowest BCUT2D eigenvalue weighted by molar-refractivity contribution is 0.0594. The molecule has 1 aromatic rings. The highest BCUT2D eigenvalue weighted by atomic mass is 16.5. The Morgan fingerprint density at radius 3 is 3.00 bits per heavy atom. The molecule has 0 aliphatic rings. The number of nitrogens with zero attached hydrogens (tertiary/aromatic N) is 1. The van der Waals surface area contributed by atoms with Crippen LogP contribution in [-0.4, -0.2) is 18.1 Å². The number of methoxy groups -OCH3 is 1. The van der Waals surface area contributed by atoms with Gasteiger partial charge in [0.05, 0.1) is 7.11 Å². The normalized spacial score (nSPS) is 9.42. The van der Waals surface area contributed by atoms with Gasteiger partial charge in [0.1, 0.15) is 12.2 Å². The van der Waals surface area contributed by atoms with E-state index in [0.717, 1.165) is 0 Å². The van der Waals surface area contributed by atoms with Crippen molar-refractivity contribution in [1.82, 2.24) is 4.98 Å². The Hall–Kier alpha value is -1.65. The van der Waals surface area contributed by atoms with Gasteiger partial charge in [-0.3, -0.25) is 0 Å². The second-order valence-corrected chi connectivity index (χ2v) is 2.18. The summed E-state index contributed by atoms with van der Waals surface area (Å²) in [6, 6.07) is 3.17. The SMILES string of the molecule is COC(=O)c1ccc(CN=O)[nH]1. The van der Waals surface area contributed by atoms with Gasteiger partial charge >= 0.3 is 5.97 Å². The molecule has 0 aliphatic carbocycles. The number of hydrogen-bond acceptors (Lipinski definition) is 4. The molecule has 64 valence electrons. The summed E-state index contributed by atoms with van der Waals surface area (Å²) in [6.07, 6.45) is 0. The number of aromatic amines is 1. The van der Waals surface area contributed by atoms with Crippen LogP contribution >= 0.6 is 0 Å². The van der Waals surface area contributed by atoms with E-state index < -0.39 is 5.97 Å². The molecule has 0 amide bonds. The molecule has 1 heterocycles. The zero-order valence-electron chi connectivity index (χ0n) is 6.53. The molecule has 0 aliphatic heterocycles. The Morgan fingerprint density at radius 1 is 1.67 bits per heavy atom. The Bertz CT molecular complexity index is 293. The summed E-state index contributed by atoms with van der Waals surface area (Å²) in [6.45, 7) is 0.0387. The maximum atomic E-state index is 10.9. The molecule has 0 radical (unpaired) electrons. The third-order valence-electron chi connectivity index (χ3n) is 1.39. The average Bonchev–Trinajstić information content (AvgIpc) is 2.52. The zero-order valence-corrected chi connectivity index (χ0v) is 6.53. The van der Waals surface area contributed by atoms with Crippen LogP contribution in [-0.2, 0) is 11.3 Å². The van der Waals surface area contributed by atoms with Crippen LogP contribution in [0.25, 0.3) is 0 Å². The number of nitrogens with one attached hydrogen (secondary N) is 1. The lowest BCUT2D eigenvalue weighted by Crippen LogP contribution is -2.01. The second-order valence-electron chi connectivity index (χ2n) is 2.18. The molecular formula is C7H8N2O3. The van der Waals surface area contributed by atoms with Crippen molar-refractivity contribution in [2.45, 2.75) is 6.54 Å². The number of esters is 1. The van der Waals surface area contributed by atoms with Gasteiger partial charge in [-0.25, -0.2) is 4.79 Å². The fourth-order valence-electron chi connectivity index (χ4n) is 0.831. The van der Waals surface area contributed by atoms with Gasteiger partial charge in [0.2, 0.25) is 0 Å². The summed E-state index contributed by atoms with van der Waals surface area (Å²) in [5.74, 6) is -0.452. The molecule has 0 bridgehead atoms. The standard InChI is InChI=1S/C7H8N2O3/c1-12-7(10)6-3-2-5(9-6)4-8-11/h2-3,9H,4H2,1H3. The first kappa shape index (κ1) is 8.45. The lowest BCUT2D eigenvalue weighted by atomic mass is 10.4. The summed E-state index contributed by atoms with van der Waals surface area (Å²) in [7, 11) is 1.29. The van der Waals surface area contributed by atoms with Crippen LogP contribution in [0.5, 0.6) is 0 Å². The van der Waals surface area contributed by atoms with E-state index in [0.29, 0.717) is 11.4 Å². The lowest BCUT2D eigenvalue weighted by Gasteiger charge is -1.93. The summed E-state index contributed by atoms with van der Waals surface area (Å²) >= 11 is 0. The van der Waals surface area contributed by atoms with Crippen molar-refractivity contribution < 1.29 is 9.53 Å². The number of rotatable bonds is 3. The highest BCUT2D eigenvalue weighted by molar-refractivity contribution is 5.87. The molecular weight excluding hydrogens is 160 g/mol. The summed E-state index contributed by atoms with van der Waals surface area (Å²) in [4.78, 5) is 23.4. The Labute approximate surface area is 68.7 Å². The van der Waals surface area contributed by atoms with Crippen molar-refractivity contribution in [1.29, 1.82) is 0 Å².